The minimum atomic E-state index is -0.248. The lowest BCUT2D eigenvalue weighted by molar-refractivity contribution is 0.0655. The molecule has 4 nitrogen and oxygen atoms in total. The van der Waals surface area contributed by atoms with Crippen LogP contribution in [-0.4, -0.2) is 34.9 Å². The zero-order valence-electron chi connectivity index (χ0n) is 13.7. The van der Waals surface area contributed by atoms with Gasteiger partial charge in [0.15, 0.2) is 0 Å². The molecule has 6 heteroatoms. The number of nitrogens with zero attached hydrogens (tertiary/aromatic N) is 2. The first-order chi connectivity index (χ1) is 11.5. The quantitative estimate of drug-likeness (QED) is 0.925. The normalized spacial score (nSPS) is 19.3. The SMILES string of the molecule is CC(N)C1CCCN(C(=O)c2csc(Cc3ccc(F)cc3)n2)C1. The summed E-state index contributed by atoms with van der Waals surface area (Å²) in [7, 11) is 0. The lowest BCUT2D eigenvalue weighted by Crippen LogP contribution is -2.45. The van der Waals surface area contributed by atoms with Crippen molar-refractivity contribution in [1.29, 1.82) is 0 Å². The Hall–Kier alpha value is -1.79. The van der Waals surface area contributed by atoms with Crippen LogP contribution in [0.1, 0.15) is 40.8 Å². The van der Waals surface area contributed by atoms with E-state index < -0.39 is 0 Å². The number of carbonyl (C=O) groups excluding carboxylic acids is 1. The van der Waals surface area contributed by atoms with E-state index in [9.17, 15) is 9.18 Å². The minimum absolute atomic E-state index is 0.0121. The molecule has 1 aliphatic rings. The van der Waals surface area contributed by atoms with Gasteiger partial charge in [0, 0.05) is 30.9 Å². The molecule has 0 radical (unpaired) electrons. The van der Waals surface area contributed by atoms with Gasteiger partial charge in [-0.3, -0.25) is 4.79 Å². The highest BCUT2D eigenvalue weighted by atomic mass is 32.1. The topological polar surface area (TPSA) is 59.2 Å². The third-order valence-electron chi connectivity index (χ3n) is 4.53. The number of hydrogen-bond donors (Lipinski definition) is 1. The molecule has 1 aromatic carbocycles. The summed E-state index contributed by atoms with van der Waals surface area (Å²) < 4.78 is 13.0. The number of piperidine rings is 1. The van der Waals surface area contributed by atoms with Gasteiger partial charge in [-0.25, -0.2) is 9.37 Å². The highest BCUT2D eigenvalue weighted by Gasteiger charge is 2.27. The number of carbonyl (C=O) groups is 1. The molecule has 1 fully saturated rings. The molecule has 24 heavy (non-hydrogen) atoms. The van der Waals surface area contributed by atoms with E-state index in [0.29, 0.717) is 24.6 Å². The Morgan fingerprint density at radius 2 is 2.21 bits per heavy atom. The second-order valence-electron chi connectivity index (χ2n) is 6.44. The predicted octanol–water partition coefficient (Wildman–Crippen LogP) is 3.07. The van der Waals surface area contributed by atoms with Crippen molar-refractivity contribution >= 4 is 17.2 Å². The van der Waals surface area contributed by atoms with Crippen LogP contribution >= 0.6 is 11.3 Å². The van der Waals surface area contributed by atoms with Gasteiger partial charge in [-0.2, -0.15) is 0 Å². The van der Waals surface area contributed by atoms with Gasteiger partial charge in [-0.1, -0.05) is 12.1 Å². The standard InChI is InChI=1S/C18H22FN3OS/c1-12(20)14-3-2-8-22(10-14)18(23)16-11-24-17(21-16)9-13-4-6-15(19)7-5-13/h4-7,11-12,14H,2-3,8-10,20H2,1H3. The molecule has 1 saturated heterocycles. The van der Waals surface area contributed by atoms with Crippen LogP contribution in [-0.2, 0) is 6.42 Å². The van der Waals surface area contributed by atoms with Gasteiger partial charge in [0.05, 0.1) is 5.01 Å². The number of benzene rings is 1. The molecule has 0 aliphatic carbocycles. The monoisotopic (exact) mass is 347 g/mol. The Morgan fingerprint density at radius 1 is 1.46 bits per heavy atom. The largest absolute Gasteiger partial charge is 0.337 e. The van der Waals surface area contributed by atoms with Crippen molar-refractivity contribution in [3.8, 4) is 0 Å². The van der Waals surface area contributed by atoms with Crippen molar-refractivity contribution in [2.75, 3.05) is 13.1 Å². The molecular formula is C18H22FN3OS. The summed E-state index contributed by atoms with van der Waals surface area (Å²) in [6.45, 7) is 3.48. The van der Waals surface area contributed by atoms with E-state index in [2.05, 4.69) is 4.98 Å². The number of likely N-dealkylation sites (tertiary alicyclic amines) is 1. The third-order valence-corrected chi connectivity index (χ3v) is 5.38. The third kappa shape index (κ3) is 3.99. The number of amides is 1. The summed E-state index contributed by atoms with van der Waals surface area (Å²) in [4.78, 5) is 19.0. The number of aromatic nitrogens is 1. The van der Waals surface area contributed by atoms with Gasteiger partial charge in [-0.15, -0.1) is 11.3 Å². The summed E-state index contributed by atoms with van der Waals surface area (Å²) >= 11 is 1.47. The highest BCUT2D eigenvalue weighted by molar-refractivity contribution is 7.09. The second-order valence-corrected chi connectivity index (χ2v) is 7.38. The molecule has 2 unspecified atom stereocenters. The number of hydrogen-bond acceptors (Lipinski definition) is 4. The molecule has 1 aliphatic heterocycles. The van der Waals surface area contributed by atoms with Crippen LogP contribution in [0.25, 0.3) is 0 Å². The van der Waals surface area contributed by atoms with E-state index in [-0.39, 0.29) is 17.8 Å². The average molecular weight is 347 g/mol. The Bertz CT molecular complexity index is 699. The van der Waals surface area contributed by atoms with Gasteiger partial charge >= 0.3 is 0 Å². The molecule has 2 N–H and O–H groups in total. The van der Waals surface area contributed by atoms with E-state index in [1.54, 1.807) is 12.1 Å². The van der Waals surface area contributed by atoms with Gasteiger partial charge in [0.2, 0.25) is 0 Å². The zero-order valence-corrected chi connectivity index (χ0v) is 14.6. The number of halogens is 1. The first kappa shape index (κ1) is 17.0. The van der Waals surface area contributed by atoms with Crippen molar-refractivity contribution < 1.29 is 9.18 Å². The van der Waals surface area contributed by atoms with Gasteiger partial charge < -0.3 is 10.6 Å². The van der Waals surface area contributed by atoms with Gasteiger partial charge in [-0.05, 0) is 43.4 Å². The average Bonchev–Trinajstić information content (AvgIpc) is 3.05. The predicted molar refractivity (Wildman–Crippen MR) is 93.6 cm³/mol. The van der Waals surface area contributed by atoms with Crippen molar-refractivity contribution in [1.82, 2.24) is 9.88 Å². The van der Waals surface area contributed by atoms with Crippen molar-refractivity contribution in [3.63, 3.8) is 0 Å². The fourth-order valence-corrected chi connectivity index (χ4v) is 3.86. The maximum absolute atomic E-state index is 13.0. The summed E-state index contributed by atoms with van der Waals surface area (Å²) in [6.07, 6.45) is 2.68. The van der Waals surface area contributed by atoms with Crippen LogP contribution in [0, 0.1) is 11.7 Å². The van der Waals surface area contributed by atoms with E-state index in [1.165, 1.54) is 23.5 Å². The minimum Gasteiger partial charge on any atom is -0.337 e. The molecule has 2 atom stereocenters. The summed E-state index contributed by atoms with van der Waals surface area (Å²) in [5.74, 6) is 0.101. The Labute approximate surface area is 145 Å². The lowest BCUT2D eigenvalue weighted by Gasteiger charge is -2.34. The van der Waals surface area contributed by atoms with Crippen molar-refractivity contribution in [2.45, 2.75) is 32.2 Å². The molecule has 3 rings (SSSR count). The van der Waals surface area contributed by atoms with Crippen LogP contribution in [0.3, 0.4) is 0 Å². The fraction of sp³-hybridized carbons (Fsp3) is 0.444. The van der Waals surface area contributed by atoms with Crippen molar-refractivity contribution in [3.05, 3.63) is 51.7 Å². The molecule has 0 saturated carbocycles. The highest BCUT2D eigenvalue weighted by Crippen LogP contribution is 2.22. The number of rotatable bonds is 4. The van der Waals surface area contributed by atoms with E-state index in [1.807, 2.05) is 17.2 Å². The smallest absolute Gasteiger partial charge is 0.273 e. The summed E-state index contributed by atoms with van der Waals surface area (Å²) in [5, 5.41) is 2.68. The zero-order chi connectivity index (χ0) is 17.1. The first-order valence-corrected chi connectivity index (χ1v) is 9.14. The second kappa shape index (κ2) is 7.40. The van der Waals surface area contributed by atoms with Crippen LogP contribution in [0.5, 0.6) is 0 Å². The number of thiazole rings is 1. The molecule has 1 amide bonds. The Morgan fingerprint density at radius 3 is 2.92 bits per heavy atom. The van der Waals surface area contributed by atoms with E-state index in [0.717, 1.165) is 30.0 Å². The Kier molecular flexibility index (Phi) is 5.26. The maximum atomic E-state index is 13.0. The van der Waals surface area contributed by atoms with E-state index >= 15 is 0 Å². The van der Waals surface area contributed by atoms with Crippen LogP contribution in [0.2, 0.25) is 0 Å². The van der Waals surface area contributed by atoms with Gasteiger partial charge in [0.1, 0.15) is 11.5 Å². The van der Waals surface area contributed by atoms with Crippen LogP contribution in [0.15, 0.2) is 29.6 Å². The molecule has 128 valence electrons. The summed E-state index contributed by atoms with van der Waals surface area (Å²) in [6, 6.07) is 6.48. The number of nitrogens with two attached hydrogens (primary N) is 1. The molecule has 0 bridgehead atoms. The maximum Gasteiger partial charge on any atom is 0.273 e. The van der Waals surface area contributed by atoms with E-state index in [4.69, 9.17) is 5.73 Å². The fourth-order valence-electron chi connectivity index (χ4n) is 3.05. The van der Waals surface area contributed by atoms with Crippen molar-refractivity contribution in [2.24, 2.45) is 11.7 Å². The van der Waals surface area contributed by atoms with Gasteiger partial charge in [0.25, 0.3) is 5.91 Å². The van der Waals surface area contributed by atoms with Crippen LogP contribution < -0.4 is 5.73 Å². The Balaban J connectivity index is 1.66. The molecule has 2 aromatic rings. The molecular weight excluding hydrogens is 325 g/mol. The first-order valence-electron chi connectivity index (χ1n) is 8.26. The van der Waals surface area contributed by atoms with Crippen LogP contribution in [0.4, 0.5) is 4.39 Å². The molecule has 0 spiro atoms. The molecule has 2 heterocycles. The lowest BCUT2D eigenvalue weighted by atomic mass is 9.92. The summed E-state index contributed by atoms with van der Waals surface area (Å²) in [5.41, 5.74) is 7.48. The molecule has 1 aromatic heterocycles.